The Balaban J connectivity index is 2.38. The summed E-state index contributed by atoms with van der Waals surface area (Å²) >= 11 is 5.68. The molecule has 0 bridgehead atoms. The van der Waals surface area contributed by atoms with Crippen LogP contribution >= 0.6 is 11.6 Å². The van der Waals surface area contributed by atoms with Crippen molar-refractivity contribution < 1.29 is 19.5 Å². The van der Waals surface area contributed by atoms with Gasteiger partial charge in [-0.25, -0.2) is 0 Å². The van der Waals surface area contributed by atoms with E-state index in [-0.39, 0.29) is 27.7 Å². The molecule has 0 spiro atoms. The number of hydrogen-bond acceptors (Lipinski definition) is 5. The first-order valence-electron chi connectivity index (χ1n) is 5.52. The molecular weight excluding hydrogens is 286 g/mol. The van der Waals surface area contributed by atoms with Gasteiger partial charge in [-0.3, -0.25) is 19.7 Å². The summed E-state index contributed by atoms with van der Waals surface area (Å²) in [6.45, 7) is 0. The minimum absolute atomic E-state index is 0.0268. The third kappa shape index (κ3) is 2.30. The van der Waals surface area contributed by atoms with E-state index in [2.05, 4.69) is 10.6 Å². The molecule has 0 unspecified atom stereocenters. The first-order chi connectivity index (χ1) is 9.45. The van der Waals surface area contributed by atoms with Crippen molar-refractivity contribution in [3.63, 3.8) is 0 Å². The van der Waals surface area contributed by atoms with Gasteiger partial charge in [0.1, 0.15) is 10.7 Å². The predicted molar refractivity (Wildman–Crippen MR) is 71.1 cm³/mol. The minimum atomic E-state index is -0.721. The van der Waals surface area contributed by atoms with E-state index in [9.17, 15) is 19.5 Å². The number of para-hydroxylation sites is 1. The molecular formula is C12H10ClN3O4. The van der Waals surface area contributed by atoms with Gasteiger partial charge in [-0.1, -0.05) is 17.7 Å². The van der Waals surface area contributed by atoms with Crippen LogP contribution in [0.2, 0.25) is 0 Å². The molecule has 0 saturated carbocycles. The van der Waals surface area contributed by atoms with Crippen molar-refractivity contribution in [1.29, 1.82) is 0 Å². The Morgan fingerprint density at radius 1 is 1.30 bits per heavy atom. The molecule has 3 amide bonds. The Bertz CT molecular complexity index is 654. The molecule has 1 aromatic rings. The lowest BCUT2D eigenvalue weighted by Crippen LogP contribution is -2.24. The van der Waals surface area contributed by atoms with Gasteiger partial charge >= 0.3 is 0 Å². The number of rotatable bonds is 3. The van der Waals surface area contributed by atoms with E-state index >= 15 is 0 Å². The highest BCUT2D eigenvalue weighted by Crippen LogP contribution is 2.30. The van der Waals surface area contributed by atoms with Gasteiger partial charge in [-0.15, -0.1) is 0 Å². The highest BCUT2D eigenvalue weighted by atomic mass is 35.5. The molecule has 1 aromatic carbocycles. The summed E-state index contributed by atoms with van der Waals surface area (Å²) in [4.78, 5) is 34.2. The van der Waals surface area contributed by atoms with Crippen molar-refractivity contribution in [1.82, 2.24) is 10.6 Å². The second kappa shape index (κ2) is 5.22. The van der Waals surface area contributed by atoms with Crippen LogP contribution in [0.3, 0.4) is 0 Å². The van der Waals surface area contributed by atoms with Crippen LogP contribution in [0.1, 0.15) is 10.4 Å². The number of amides is 3. The number of carbonyl (C=O) groups is 3. The molecule has 0 radical (unpaired) electrons. The number of halogens is 1. The molecule has 0 fully saturated rings. The van der Waals surface area contributed by atoms with Crippen molar-refractivity contribution >= 4 is 35.0 Å². The van der Waals surface area contributed by atoms with Crippen LogP contribution in [-0.4, -0.2) is 29.9 Å². The van der Waals surface area contributed by atoms with Gasteiger partial charge in [0.05, 0.1) is 11.3 Å². The second-order valence-corrected chi connectivity index (χ2v) is 4.26. The summed E-state index contributed by atoms with van der Waals surface area (Å²) in [7, 11) is 1.42. The van der Waals surface area contributed by atoms with E-state index in [1.54, 1.807) is 0 Å². The standard InChI is InChI=1S/C12H10ClN3O4/c1-14-10(18)5-3-2-4-6(9(5)17)15-8-7(13)11(19)16-12(8)20/h2-4,17H,1H3,(H,14,18)(H2,15,16,19,20). The van der Waals surface area contributed by atoms with Crippen LogP contribution in [0, 0.1) is 0 Å². The van der Waals surface area contributed by atoms with Gasteiger partial charge in [0.25, 0.3) is 17.7 Å². The molecule has 0 aromatic heterocycles. The predicted octanol–water partition coefficient (Wildman–Crippen LogP) is 0.271. The minimum Gasteiger partial charge on any atom is -0.505 e. The largest absolute Gasteiger partial charge is 0.505 e. The molecule has 0 atom stereocenters. The van der Waals surface area contributed by atoms with E-state index < -0.39 is 17.7 Å². The number of nitrogens with one attached hydrogen (secondary N) is 3. The number of hydrogen-bond donors (Lipinski definition) is 4. The van der Waals surface area contributed by atoms with Crippen molar-refractivity contribution in [2.45, 2.75) is 0 Å². The molecule has 20 heavy (non-hydrogen) atoms. The van der Waals surface area contributed by atoms with Gasteiger partial charge in [0, 0.05) is 7.05 Å². The van der Waals surface area contributed by atoms with Crippen LogP contribution in [0.5, 0.6) is 5.75 Å². The van der Waals surface area contributed by atoms with Gasteiger partial charge in [-0.2, -0.15) is 0 Å². The molecule has 1 aliphatic heterocycles. The summed E-state index contributed by atoms with van der Waals surface area (Å²) in [6.07, 6.45) is 0. The summed E-state index contributed by atoms with van der Waals surface area (Å²) < 4.78 is 0. The summed E-state index contributed by atoms with van der Waals surface area (Å²) in [5.41, 5.74) is -0.0657. The fourth-order valence-corrected chi connectivity index (χ4v) is 1.82. The third-order valence-corrected chi connectivity index (χ3v) is 3.00. The molecule has 8 heteroatoms. The van der Waals surface area contributed by atoms with E-state index in [1.165, 1.54) is 25.2 Å². The smallest absolute Gasteiger partial charge is 0.276 e. The number of benzene rings is 1. The molecule has 0 saturated heterocycles. The average molecular weight is 296 g/mol. The zero-order valence-corrected chi connectivity index (χ0v) is 11.0. The lowest BCUT2D eigenvalue weighted by atomic mass is 10.1. The normalized spacial score (nSPS) is 14.3. The topological polar surface area (TPSA) is 108 Å². The molecule has 0 aliphatic carbocycles. The van der Waals surface area contributed by atoms with Crippen molar-refractivity contribution in [3.05, 3.63) is 34.5 Å². The van der Waals surface area contributed by atoms with E-state index in [1.807, 2.05) is 5.32 Å². The van der Waals surface area contributed by atoms with Gasteiger partial charge < -0.3 is 15.7 Å². The molecule has 104 valence electrons. The van der Waals surface area contributed by atoms with Crippen molar-refractivity contribution in [2.24, 2.45) is 0 Å². The van der Waals surface area contributed by atoms with Crippen LogP contribution in [-0.2, 0) is 9.59 Å². The van der Waals surface area contributed by atoms with Crippen LogP contribution < -0.4 is 16.0 Å². The lowest BCUT2D eigenvalue weighted by Gasteiger charge is -2.10. The van der Waals surface area contributed by atoms with Crippen LogP contribution in [0.15, 0.2) is 28.9 Å². The van der Waals surface area contributed by atoms with Crippen LogP contribution in [0.4, 0.5) is 5.69 Å². The Labute approximate surface area is 118 Å². The molecule has 4 N–H and O–H groups in total. The zero-order valence-electron chi connectivity index (χ0n) is 10.3. The zero-order chi connectivity index (χ0) is 14.9. The fraction of sp³-hybridized carbons (Fsp3) is 0.0833. The van der Waals surface area contributed by atoms with E-state index in [0.717, 1.165) is 0 Å². The monoisotopic (exact) mass is 295 g/mol. The maximum absolute atomic E-state index is 11.5. The molecule has 7 nitrogen and oxygen atoms in total. The average Bonchev–Trinajstić information content (AvgIpc) is 2.66. The molecule has 2 rings (SSSR count). The lowest BCUT2D eigenvalue weighted by molar-refractivity contribution is -0.123. The fourth-order valence-electron chi connectivity index (χ4n) is 1.64. The second-order valence-electron chi connectivity index (χ2n) is 3.88. The number of anilines is 1. The molecule has 1 aliphatic rings. The first kappa shape index (κ1) is 13.9. The maximum Gasteiger partial charge on any atom is 0.276 e. The number of phenolic OH excluding ortho intramolecular Hbond substituents is 1. The maximum atomic E-state index is 11.5. The highest BCUT2D eigenvalue weighted by molar-refractivity contribution is 6.48. The Morgan fingerprint density at radius 3 is 2.55 bits per heavy atom. The summed E-state index contributed by atoms with van der Waals surface area (Å²) in [5, 5.41) is 16.6. The van der Waals surface area contributed by atoms with Crippen molar-refractivity contribution in [3.8, 4) is 5.75 Å². The Kier molecular flexibility index (Phi) is 3.62. The van der Waals surface area contributed by atoms with Gasteiger partial charge in [0.2, 0.25) is 0 Å². The number of imide groups is 1. The Hall–Kier alpha value is -2.54. The quantitative estimate of drug-likeness (QED) is 0.473. The summed E-state index contributed by atoms with van der Waals surface area (Å²) in [5.74, 6) is -2.26. The summed E-state index contributed by atoms with van der Waals surface area (Å²) in [6, 6.07) is 4.36. The van der Waals surface area contributed by atoms with Crippen LogP contribution in [0.25, 0.3) is 0 Å². The number of phenols is 1. The number of aromatic hydroxyl groups is 1. The number of carbonyl (C=O) groups excluding carboxylic acids is 3. The van der Waals surface area contributed by atoms with E-state index in [4.69, 9.17) is 11.6 Å². The molecule has 1 heterocycles. The Morgan fingerprint density at radius 2 is 2.00 bits per heavy atom. The highest BCUT2D eigenvalue weighted by Gasteiger charge is 2.29. The SMILES string of the molecule is CNC(=O)c1cccc(NC2=C(Cl)C(=O)NC2=O)c1O. The van der Waals surface area contributed by atoms with Gasteiger partial charge in [0.15, 0.2) is 5.75 Å². The first-order valence-corrected chi connectivity index (χ1v) is 5.90. The van der Waals surface area contributed by atoms with E-state index in [0.29, 0.717) is 0 Å². The third-order valence-electron chi connectivity index (χ3n) is 2.64. The van der Waals surface area contributed by atoms with Gasteiger partial charge in [-0.05, 0) is 12.1 Å². The van der Waals surface area contributed by atoms with Crippen molar-refractivity contribution in [2.75, 3.05) is 12.4 Å².